The molecule has 1 amide bonds. The van der Waals surface area contributed by atoms with Crippen LogP contribution in [0.4, 0.5) is 10.5 Å². The molecule has 1 heterocycles. The quantitative estimate of drug-likeness (QED) is 0.201. The van der Waals surface area contributed by atoms with Crippen molar-refractivity contribution in [2.45, 2.75) is 25.8 Å². The van der Waals surface area contributed by atoms with Crippen molar-refractivity contribution in [2.24, 2.45) is 10.9 Å². The van der Waals surface area contributed by atoms with Crippen molar-refractivity contribution in [1.29, 1.82) is 0 Å². The van der Waals surface area contributed by atoms with E-state index in [2.05, 4.69) is 25.7 Å². The molecule has 1 aromatic rings. The van der Waals surface area contributed by atoms with E-state index in [1.54, 1.807) is 7.05 Å². The van der Waals surface area contributed by atoms with Crippen LogP contribution in [-0.2, 0) is 20.8 Å². The molecule has 0 unspecified atom stereocenters. The summed E-state index contributed by atoms with van der Waals surface area (Å²) in [6.07, 6.45) is 2.66. The van der Waals surface area contributed by atoms with E-state index in [-0.39, 0.29) is 24.0 Å². The first-order valence-electron chi connectivity index (χ1n) is 9.75. The number of hydrogen-bond donors (Lipinski definition) is 3. The van der Waals surface area contributed by atoms with Crippen molar-refractivity contribution in [3.8, 4) is 0 Å². The molecular weight excluding hydrogens is 487 g/mol. The second-order valence-electron chi connectivity index (χ2n) is 6.65. The fraction of sp³-hybridized carbons (Fsp3) is 0.600. The Bertz CT molecular complexity index is 607. The minimum atomic E-state index is -0.479. The smallest absolute Gasteiger partial charge is 0.411 e. The average Bonchev–Trinajstić information content (AvgIpc) is 2.74. The lowest BCUT2D eigenvalue weighted by Crippen LogP contribution is -2.37. The van der Waals surface area contributed by atoms with Crippen molar-refractivity contribution in [2.75, 3.05) is 52.4 Å². The molecule has 8 nitrogen and oxygen atoms in total. The van der Waals surface area contributed by atoms with Crippen LogP contribution in [0.5, 0.6) is 0 Å². The number of hydrogen-bond acceptors (Lipinski definition) is 5. The Kier molecular flexibility index (Phi) is 13.4. The number of carbonyl (C=O) groups excluding carboxylic acids is 1. The van der Waals surface area contributed by atoms with Gasteiger partial charge in [0.25, 0.3) is 0 Å². The van der Waals surface area contributed by atoms with Gasteiger partial charge >= 0.3 is 6.09 Å². The highest BCUT2D eigenvalue weighted by atomic mass is 127. The van der Waals surface area contributed by atoms with E-state index in [1.807, 2.05) is 24.3 Å². The fourth-order valence-corrected chi connectivity index (χ4v) is 2.83. The highest BCUT2D eigenvalue weighted by molar-refractivity contribution is 14.0. The van der Waals surface area contributed by atoms with Crippen LogP contribution < -0.4 is 16.0 Å². The third-order valence-electron chi connectivity index (χ3n) is 4.52. The van der Waals surface area contributed by atoms with Crippen LogP contribution in [0.25, 0.3) is 0 Å². The highest BCUT2D eigenvalue weighted by Gasteiger charge is 2.13. The molecule has 1 aliphatic heterocycles. The maximum atomic E-state index is 11.2. The Hall–Kier alpha value is -1.59. The molecule has 1 aromatic carbocycles. The van der Waals surface area contributed by atoms with Crippen LogP contribution in [0.1, 0.15) is 24.8 Å². The fourth-order valence-electron chi connectivity index (χ4n) is 2.83. The van der Waals surface area contributed by atoms with Gasteiger partial charge in [-0.25, -0.2) is 4.79 Å². The molecule has 3 N–H and O–H groups in total. The number of aliphatic imine (C=N–C) groups is 1. The van der Waals surface area contributed by atoms with Gasteiger partial charge in [-0.1, -0.05) is 12.1 Å². The summed E-state index contributed by atoms with van der Waals surface area (Å²) in [6.45, 7) is 4.74. The number of ether oxygens (including phenoxy) is 3. The zero-order valence-corrected chi connectivity index (χ0v) is 19.6. The van der Waals surface area contributed by atoms with E-state index in [9.17, 15) is 4.79 Å². The summed E-state index contributed by atoms with van der Waals surface area (Å²) in [7, 11) is 3.09. The summed E-state index contributed by atoms with van der Waals surface area (Å²) in [4.78, 5) is 15.4. The minimum Gasteiger partial charge on any atom is -0.453 e. The Labute approximate surface area is 190 Å². The molecule has 0 bridgehead atoms. The van der Waals surface area contributed by atoms with Crippen molar-refractivity contribution in [3.05, 3.63) is 29.8 Å². The number of rotatable bonds is 9. The van der Waals surface area contributed by atoms with Gasteiger partial charge in [0.05, 0.1) is 7.11 Å². The van der Waals surface area contributed by atoms with E-state index in [4.69, 9.17) is 9.47 Å². The normalized spacial score (nSPS) is 14.6. The van der Waals surface area contributed by atoms with Gasteiger partial charge in [-0.3, -0.25) is 10.3 Å². The zero-order chi connectivity index (χ0) is 20.0. The number of nitrogens with zero attached hydrogens (tertiary/aromatic N) is 1. The number of amides is 1. The van der Waals surface area contributed by atoms with Crippen LogP contribution in [0, 0.1) is 5.92 Å². The van der Waals surface area contributed by atoms with E-state index < -0.39 is 6.09 Å². The predicted molar refractivity (Wildman–Crippen MR) is 125 cm³/mol. The molecule has 9 heteroatoms. The number of methoxy groups -OCH3 is 1. The van der Waals surface area contributed by atoms with E-state index in [0.29, 0.717) is 18.2 Å². The lowest BCUT2D eigenvalue weighted by atomic mass is 10.0. The topological polar surface area (TPSA) is 93.2 Å². The monoisotopic (exact) mass is 520 g/mol. The van der Waals surface area contributed by atoms with Gasteiger partial charge in [0, 0.05) is 52.3 Å². The predicted octanol–water partition coefficient (Wildman–Crippen LogP) is 2.98. The largest absolute Gasteiger partial charge is 0.453 e. The van der Waals surface area contributed by atoms with Gasteiger partial charge in [0.1, 0.15) is 0 Å². The first-order chi connectivity index (χ1) is 13.7. The summed E-state index contributed by atoms with van der Waals surface area (Å²) in [5.41, 5.74) is 1.78. The average molecular weight is 520 g/mol. The number of carbonyl (C=O) groups is 1. The molecule has 2 rings (SSSR count). The van der Waals surface area contributed by atoms with E-state index >= 15 is 0 Å². The van der Waals surface area contributed by atoms with Gasteiger partial charge in [0.2, 0.25) is 0 Å². The van der Waals surface area contributed by atoms with Crippen LogP contribution >= 0.6 is 24.0 Å². The molecule has 1 fully saturated rings. The van der Waals surface area contributed by atoms with Crippen LogP contribution in [-0.4, -0.2) is 59.2 Å². The van der Waals surface area contributed by atoms with E-state index in [0.717, 1.165) is 63.8 Å². The highest BCUT2D eigenvalue weighted by Crippen LogP contribution is 2.14. The van der Waals surface area contributed by atoms with Gasteiger partial charge in [-0.2, -0.15) is 0 Å². The Morgan fingerprint density at radius 2 is 1.93 bits per heavy atom. The molecule has 0 aliphatic carbocycles. The third-order valence-corrected chi connectivity index (χ3v) is 4.52. The van der Waals surface area contributed by atoms with Crippen LogP contribution in [0.3, 0.4) is 0 Å². The molecular formula is C20H33IN4O4. The summed E-state index contributed by atoms with van der Waals surface area (Å²) < 4.78 is 15.7. The second-order valence-corrected chi connectivity index (χ2v) is 6.65. The summed E-state index contributed by atoms with van der Waals surface area (Å²) in [5, 5.41) is 9.19. The summed E-state index contributed by atoms with van der Waals surface area (Å²) in [6, 6.07) is 7.55. The lowest BCUT2D eigenvalue weighted by Gasteiger charge is -2.21. The minimum absolute atomic E-state index is 0. The SMILES string of the molecule is CN=C(NCCCOCC1CCOCC1)NCc1ccc(NC(=O)OC)cc1.I. The van der Waals surface area contributed by atoms with Gasteiger partial charge in [0.15, 0.2) is 5.96 Å². The maximum Gasteiger partial charge on any atom is 0.411 e. The van der Waals surface area contributed by atoms with Gasteiger partial charge < -0.3 is 24.8 Å². The number of anilines is 1. The van der Waals surface area contributed by atoms with Crippen molar-refractivity contribution < 1.29 is 19.0 Å². The first kappa shape index (κ1) is 25.4. The van der Waals surface area contributed by atoms with Crippen LogP contribution in [0.2, 0.25) is 0 Å². The summed E-state index contributed by atoms with van der Waals surface area (Å²) in [5.74, 6) is 1.39. The van der Waals surface area contributed by atoms with Crippen LogP contribution in [0.15, 0.2) is 29.3 Å². The Morgan fingerprint density at radius 1 is 1.21 bits per heavy atom. The molecule has 0 atom stereocenters. The number of nitrogens with one attached hydrogen (secondary N) is 3. The standard InChI is InChI=1S/C20H32N4O4.HI/c1-21-19(22-10-3-11-28-15-17-8-12-27-13-9-17)23-14-16-4-6-18(7-5-16)24-20(25)26-2;/h4-7,17H,3,8-15H2,1-2H3,(H,24,25)(H2,21,22,23);1H. The lowest BCUT2D eigenvalue weighted by molar-refractivity contribution is 0.0203. The van der Waals surface area contributed by atoms with Gasteiger partial charge in [-0.05, 0) is 42.9 Å². The third kappa shape index (κ3) is 10.7. The number of halogens is 1. The first-order valence-corrected chi connectivity index (χ1v) is 9.75. The number of guanidine groups is 1. The van der Waals surface area contributed by atoms with E-state index in [1.165, 1.54) is 7.11 Å². The molecule has 0 saturated carbocycles. The molecule has 164 valence electrons. The Balaban J connectivity index is 0.00000420. The van der Waals surface area contributed by atoms with Gasteiger partial charge in [-0.15, -0.1) is 24.0 Å². The summed E-state index contributed by atoms with van der Waals surface area (Å²) >= 11 is 0. The molecule has 1 aliphatic rings. The van der Waals surface area contributed by atoms with Crippen molar-refractivity contribution in [1.82, 2.24) is 10.6 Å². The molecule has 29 heavy (non-hydrogen) atoms. The zero-order valence-electron chi connectivity index (χ0n) is 17.2. The molecule has 1 saturated heterocycles. The number of benzene rings is 1. The second kappa shape index (κ2) is 15.3. The molecule has 0 radical (unpaired) electrons. The maximum absolute atomic E-state index is 11.2. The van der Waals surface area contributed by atoms with Crippen molar-refractivity contribution in [3.63, 3.8) is 0 Å². The molecule has 0 aromatic heterocycles. The Morgan fingerprint density at radius 3 is 2.59 bits per heavy atom. The van der Waals surface area contributed by atoms with Crippen molar-refractivity contribution >= 4 is 41.7 Å². The molecule has 0 spiro atoms.